The number of hydrogen-bond donors (Lipinski definition) is 0. The summed E-state index contributed by atoms with van der Waals surface area (Å²) in [6, 6.07) is 178. The van der Waals surface area contributed by atoms with E-state index in [9.17, 15) is 0 Å². The van der Waals surface area contributed by atoms with E-state index < -0.39 is 0 Å². The van der Waals surface area contributed by atoms with Crippen LogP contribution in [0.5, 0.6) is 0 Å². The van der Waals surface area contributed by atoms with Gasteiger partial charge in [0.15, 0.2) is 34.9 Å². The molecule has 0 saturated heterocycles. The highest BCUT2D eigenvalue weighted by atomic mass is 15.1. The summed E-state index contributed by atoms with van der Waals surface area (Å²) in [5.41, 5.74) is 25.8. The Bertz CT molecular complexity index is 10100. The van der Waals surface area contributed by atoms with Gasteiger partial charge in [-0.2, -0.15) is 0 Å². The van der Waals surface area contributed by atoms with Crippen LogP contribution in [-0.2, 0) is 0 Å². The lowest BCUT2D eigenvalue weighted by Gasteiger charge is -2.16. The van der Waals surface area contributed by atoms with E-state index in [0.29, 0.717) is 34.9 Å². The molecular formula is C132H82N10. The Morgan fingerprint density at radius 3 is 1.04 bits per heavy atom. The lowest BCUT2D eigenvalue weighted by Crippen LogP contribution is -2.02. The van der Waals surface area contributed by atoms with Gasteiger partial charge in [0, 0.05) is 98.6 Å². The van der Waals surface area contributed by atoms with Crippen LogP contribution in [0.2, 0.25) is 0 Å². The Morgan fingerprint density at radius 1 is 0.127 bits per heavy atom. The van der Waals surface area contributed by atoms with Gasteiger partial charge in [-0.15, -0.1) is 0 Å². The third kappa shape index (κ3) is 13.7. The molecule has 29 aromatic rings. The monoisotopic (exact) mass is 1810 g/mol. The summed E-state index contributed by atoms with van der Waals surface area (Å²) in [6.07, 6.45) is 0. The second-order valence-electron chi connectivity index (χ2n) is 36.8. The summed E-state index contributed by atoms with van der Waals surface area (Å²) in [7, 11) is 0. The zero-order valence-corrected chi connectivity index (χ0v) is 76.8. The Hall–Kier alpha value is -19.2. The van der Waals surface area contributed by atoms with Gasteiger partial charge in [0.25, 0.3) is 0 Å². The van der Waals surface area contributed by atoms with Gasteiger partial charge in [-0.05, 0) is 209 Å². The van der Waals surface area contributed by atoms with E-state index in [-0.39, 0.29) is 0 Å². The number of fused-ring (bicyclic) bond motifs is 20. The predicted octanol–water partition coefficient (Wildman–Crippen LogP) is 34.1. The normalized spacial score (nSPS) is 11.8. The maximum Gasteiger partial charge on any atom is 0.164 e. The van der Waals surface area contributed by atoms with E-state index in [0.717, 1.165) is 128 Å². The van der Waals surface area contributed by atoms with Crippen LogP contribution in [-0.4, -0.2) is 48.2 Å². The Balaban J connectivity index is 0.000000139. The highest BCUT2D eigenvalue weighted by molar-refractivity contribution is 6.25. The lowest BCUT2D eigenvalue weighted by atomic mass is 10.0. The molecule has 0 aliphatic carbocycles. The highest BCUT2D eigenvalue weighted by Gasteiger charge is 2.26. The van der Waals surface area contributed by atoms with Crippen LogP contribution in [0.4, 0.5) is 0 Å². The average molecular weight is 1810 g/mol. The summed E-state index contributed by atoms with van der Waals surface area (Å²) < 4.78 is 9.78. The van der Waals surface area contributed by atoms with Crippen LogP contribution in [0.25, 0.3) is 276 Å². The van der Waals surface area contributed by atoms with Crippen LogP contribution in [0.3, 0.4) is 0 Å². The van der Waals surface area contributed by atoms with Crippen LogP contribution >= 0.6 is 0 Å². The Kier molecular flexibility index (Phi) is 19.1. The third-order valence-corrected chi connectivity index (χ3v) is 28.6. The molecule has 0 aliphatic heterocycles. The topological polar surface area (TPSA) is 97.1 Å². The van der Waals surface area contributed by atoms with Gasteiger partial charge in [0.1, 0.15) is 0 Å². The lowest BCUT2D eigenvalue weighted by molar-refractivity contribution is 1.07. The standard InChI is InChI=1S/C69H43N5.C63H39N5/c1-3-18-44(19-4-1)47-23-15-26-50(40-47)67-70-68(51-27-16-24-48(41-51)45-20-5-2-6-21-45)72-69(71-67)56-37-39-63(54-30-10-9-29-53(54)56)74-60-33-13-11-31-55(60)59-42-49-25-17-35-62(58(49)43-65(59)74)73-61-34-14-12-32-57(61)66-52-28-8-7-22-46(52)36-38-64(66)73;1-2-14-40(15-3-1)44-21-12-22-47(34-44)61-64-62(66-63(65-61)49-29-28-41-16-4-5-18-43(41)35-49)48-23-13-24-50(36-48)68-58-38-46-20-7-6-19-45(46)37-55(58)53-32-31-51(39-59(53)68)67-56-27-11-10-26-54(56)60-52-25-9-8-17-42(52)30-33-57(60)67/h1-43H;1-39H. The smallest absolute Gasteiger partial charge is 0.164 e. The molecule has 0 atom stereocenters. The van der Waals surface area contributed by atoms with E-state index in [1.807, 2.05) is 18.2 Å². The van der Waals surface area contributed by atoms with Crippen LogP contribution < -0.4 is 0 Å². The minimum atomic E-state index is 0.606. The van der Waals surface area contributed by atoms with Crippen molar-refractivity contribution in [2.75, 3.05) is 0 Å². The molecule has 0 aliphatic rings. The molecule has 6 heterocycles. The van der Waals surface area contributed by atoms with E-state index in [2.05, 4.69) is 498 Å². The van der Waals surface area contributed by atoms with Gasteiger partial charge in [0.2, 0.25) is 0 Å². The van der Waals surface area contributed by atoms with Crippen molar-refractivity contribution in [2.45, 2.75) is 0 Å². The molecule has 0 bridgehead atoms. The zero-order chi connectivity index (χ0) is 93.4. The molecule has 29 rings (SSSR count). The molecule has 10 nitrogen and oxygen atoms in total. The maximum absolute atomic E-state index is 5.35. The van der Waals surface area contributed by atoms with Crippen molar-refractivity contribution in [1.29, 1.82) is 0 Å². The molecule has 0 unspecified atom stereocenters. The third-order valence-electron chi connectivity index (χ3n) is 28.6. The van der Waals surface area contributed by atoms with Crippen molar-refractivity contribution in [3.05, 3.63) is 497 Å². The number of rotatable bonds is 13. The molecule has 660 valence electrons. The largest absolute Gasteiger partial charge is 0.309 e. The van der Waals surface area contributed by atoms with Crippen molar-refractivity contribution in [3.8, 4) is 124 Å². The molecule has 0 saturated carbocycles. The van der Waals surface area contributed by atoms with Crippen molar-refractivity contribution in [2.24, 2.45) is 0 Å². The van der Waals surface area contributed by atoms with E-state index in [4.69, 9.17) is 29.9 Å². The molecule has 142 heavy (non-hydrogen) atoms. The van der Waals surface area contributed by atoms with Crippen molar-refractivity contribution < 1.29 is 0 Å². The maximum atomic E-state index is 5.35. The molecule has 0 radical (unpaired) electrons. The minimum absolute atomic E-state index is 0.606. The van der Waals surface area contributed by atoms with Gasteiger partial charge in [-0.25, -0.2) is 29.9 Å². The summed E-state index contributed by atoms with van der Waals surface area (Å²) in [5.74, 6) is 3.69. The molecule has 23 aromatic carbocycles. The summed E-state index contributed by atoms with van der Waals surface area (Å²) in [6.45, 7) is 0. The Morgan fingerprint density at radius 2 is 0.472 bits per heavy atom. The number of para-hydroxylation sites is 3. The number of aromatic nitrogens is 10. The molecular weight excluding hydrogens is 1730 g/mol. The van der Waals surface area contributed by atoms with Crippen molar-refractivity contribution in [3.63, 3.8) is 0 Å². The van der Waals surface area contributed by atoms with E-state index in [1.54, 1.807) is 0 Å². The first kappa shape index (κ1) is 81.2. The van der Waals surface area contributed by atoms with Crippen LogP contribution in [0, 0.1) is 0 Å². The summed E-state index contributed by atoms with van der Waals surface area (Å²) >= 11 is 0. The molecule has 6 aromatic heterocycles. The first-order valence-corrected chi connectivity index (χ1v) is 48.3. The number of nitrogens with zero attached hydrogens (tertiary/aromatic N) is 10. The highest BCUT2D eigenvalue weighted by Crippen LogP contribution is 2.47. The second kappa shape index (κ2) is 33.4. The fourth-order valence-electron chi connectivity index (χ4n) is 22.0. The van der Waals surface area contributed by atoms with Gasteiger partial charge >= 0.3 is 0 Å². The quantitative estimate of drug-likeness (QED) is 0.114. The van der Waals surface area contributed by atoms with Crippen molar-refractivity contribution in [1.82, 2.24) is 48.2 Å². The molecule has 0 N–H and O–H groups in total. The van der Waals surface area contributed by atoms with Gasteiger partial charge in [-0.1, -0.05) is 376 Å². The molecule has 0 fully saturated rings. The van der Waals surface area contributed by atoms with E-state index in [1.165, 1.54) is 114 Å². The van der Waals surface area contributed by atoms with Gasteiger partial charge in [0.05, 0.1) is 55.5 Å². The SMILES string of the molecule is c1ccc(-c2cccc(-c3nc(-c4cccc(-c5ccccc5)c4)nc(-c4ccc(-n5c6ccccc6c6cc7cccc(-n8c9ccccc9c9c%10ccccc%10ccc98)c7cc65)c5ccccc45)n3)c2)cc1.c1ccc(-c2cccc(-c3nc(-c4cccc(-n5c6cc(-n7c8ccccc8c8c9ccccc9ccc87)ccc6c6cc7ccccc7cc65)c4)nc(-c4ccc5ccccc5c4)n3)c2)cc1. The molecule has 0 spiro atoms. The van der Waals surface area contributed by atoms with Crippen LogP contribution in [0.1, 0.15) is 0 Å². The molecule has 0 amide bonds. The first-order valence-electron chi connectivity index (χ1n) is 48.3. The predicted molar refractivity (Wildman–Crippen MR) is 591 cm³/mol. The zero-order valence-electron chi connectivity index (χ0n) is 76.8. The summed E-state index contributed by atoms with van der Waals surface area (Å²) in [5, 5.41) is 24.0. The Labute approximate surface area is 816 Å². The van der Waals surface area contributed by atoms with Crippen molar-refractivity contribution >= 4 is 152 Å². The second-order valence-corrected chi connectivity index (χ2v) is 36.8. The van der Waals surface area contributed by atoms with Gasteiger partial charge in [-0.3, -0.25) is 0 Å². The number of hydrogen-bond acceptors (Lipinski definition) is 6. The van der Waals surface area contributed by atoms with E-state index >= 15 is 0 Å². The average Bonchev–Trinajstić information content (AvgIpc) is 1.56. The number of benzene rings is 23. The molecule has 10 heteroatoms. The fraction of sp³-hybridized carbons (Fsp3) is 0. The van der Waals surface area contributed by atoms with Crippen LogP contribution in [0.15, 0.2) is 497 Å². The van der Waals surface area contributed by atoms with Gasteiger partial charge < -0.3 is 18.3 Å². The minimum Gasteiger partial charge on any atom is -0.309 e. The fourth-order valence-corrected chi connectivity index (χ4v) is 22.0. The first-order chi connectivity index (χ1) is 70.4. The summed E-state index contributed by atoms with van der Waals surface area (Å²) in [4.78, 5) is 31.7.